The van der Waals surface area contributed by atoms with Gasteiger partial charge in [-0.25, -0.2) is 0 Å². The first-order valence-corrected chi connectivity index (χ1v) is 8.53. The number of piperazine rings is 1. The molecule has 130 valence electrons. The summed E-state index contributed by atoms with van der Waals surface area (Å²) in [6.07, 6.45) is 1.70. The molecule has 0 spiro atoms. The Balaban J connectivity index is 1.60. The SMILES string of the molecule is CCn1cc(Cl)c(C(=O)N2CCN(Cc3c(C)noc3C)CC2)n1. The minimum atomic E-state index is -0.0933. The number of amides is 1. The molecule has 0 aliphatic carbocycles. The van der Waals surface area contributed by atoms with Crippen molar-refractivity contribution < 1.29 is 9.32 Å². The maximum atomic E-state index is 12.6. The molecule has 0 aromatic carbocycles. The van der Waals surface area contributed by atoms with Crippen molar-refractivity contribution in [1.82, 2.24) is 24.7 Å². The van der Waals surface area contributed by atoms with E-state index in [0.717, 1.165) is 36.7 Å². The van der Waals surface area contributed by atoms with Crippen molar-refractivity contribution in [2.75, 3.05) is 26.2 Å². The second-order valence-corrected chi connectivity index (χ2v) is 6.46. The summed E-state index contributed by atoms with van der Waals surface area (Å²) in [7, 11) is 0. The third kappa shape index (κ3) is 3.32. The highest BCUT2D eigenvalue weighted by molar-refractivity contribution is 6.33. The third-order valence-electron chi connectivity index (χ3n) is 4.47. The van der Waals surface area contributed by atoms with Gasteiger partial charge in [-0.1, -0.05) is 16.8 Å². The lowest BCUT2D eigenvalue weighted by atomic mass is 10.1. The van der Waals surface area contributed by atoms with Gasteiger partial charge in [0.2, 0.25) is 0 Å². The minimum Gasteiger partial charge on any atom is -0.361 e. The van der Waals surface area contributed by atoms with Crippen LogP contribution in [0.25, 0.3) is 0 Å². The number of carbonyl (C=O) groups is 1. The predicted molar refractivity (Wildman–Crippen MR) is 90.1 cm³/mol. The molecule has 2 aromatic heterocycles. The standard InChI is InChI=1S/C16H22ClN5O2/c1-4-22-10-14(17)15(18-22)16(23)21-7-5-20(6-8-21)9-13-11(2)19-24-12(13)3/h10H,4-9H2,1-3H3. The van der Waals surface area contributed by atoms with Crippen LogP contribution in [0.1, 0.15) is 34.4 Å². The van der Waals surface area contributed by atoms with Gasteiger partial charge in [-0.3, -0.25) is 14.4 Å². The van der Waals surface area contributed by atoms with Crippen LogP contribution in [0.5, 0.6) is 0 Å². The van der Waals surface area contributed by atoms with Gasteiger partial charge in [0.15, 0.2) is 5.69 Å². The highest BCUT2D eigenvalue weighted by Gasteiger charge is 2.26. The average Bonchev–Trinajstić information content (AvgIpc) is 3.12. The maximum absolute atomic E-state index is 12.6. The summed E-state index contributed by atoms with van der Waals surface area (Å²) < 4.78 is 6.90. The lowest BCUT2D eigenvalue weighted by molar-refractivity contribution is 0.0621. The van der Waals surface area contributed by atoms with Gasteiger partial charge in [0.1, 0.15) is 5.76 Å². The summed E-state index contributed by atoms with van der Waals surface area (Å²) in [6, 6.07) is 0. The lowest BCUT2D eigenvalue weighted by Gasteiger charge is -2.34. The summed E-state index contributed by atoms with van der Waals surface area (Å²) in [6.45, 7) is 10.3. The van der Waals surface area contributed by atoms with Gasteiger partial charge in [0, 0.05) is 51.0 Å². The van der Waals surface area contributed by atoms with E-state index < -0.39 is 0 Å². The molecule has 1 aliphatic heterocycles. The highest BCUT2D eigenvalue weighted by Crippen LogP contribution is 2.19. The zero-order valence-corrected chi connectivity index (χ0v) is 15.0. The third-order valence-corrected chi connectivity index (χ3v) is 4.74. The molecule has 0 N–H and O–H groups in total. The first-order valence-electron chi connectivity index (χ1n) is 8.16. The molecule has 0 unspecified atom stereocenters. The van der Waals surface area contributed by atoms with Crippen LogP contribution in [0.2, 0.25) is 5.02 Å². The molecule has 24 heavy (non-hydrogen) atoms. The Morgan fingerprint density at radius 3 is 2.54 bits per heavy atom. The number of carbonyl (C=O) groups excluding carboxylic acids is 1. The van der Waals surface area contributed by atoms with Crippen LogP contribution < -0.4 is 0 Å². The second-order valence-electron chi connectivity index (χ2n) is 6.05. The van der Waals surface area contributed by atoms with Crippen molar-refractivity contribution in [1.29, 1.82) is 0 Å². The van der Waals surface area contributed by atoms with Gasteiger partial charge >= 0.3 is 0 Å². The molecule has 1 fully saturated rings. The fourth-order valence-corrected chi connectivity index (χ4v) is 3.15. The first kappa shape index (κ1) is 17.0. The molecule has 3 rings (SSSR count). The monoisotopic (exact) mass is 351 g/mol. The number of aryl methyl sites for hydroxylation is 3. The molecule has 1 amide bonds. The molecule has 0 saturated carbocycles. The number of rotatable bonds is 4. The first-order chi connectivity index (χ1) is 11.5. The molecule has 0 radical (unpaired) electrons. The topological polar surface area (TPSA) is 67.4 Å². The maximum Gasteiger partial charge on any atom is 0.276 e. The quantitative estimate of drug-likeness (QED) is 0.844. The van der Waals surface area contributed by atoms with Gasteiger partial charge in [-0.05, 0) is 20.8 Å². The van der Waals surface area contributed by atoms with Crippen LogP contribution >= 0.6 is 11.6 Å². The minimum absolute atomic E-state index is 0.0933. The van der Waals surface area contributed by atoms with E-state index in [1.807, 2.05) is 25.7 Å². The molecule has 3 heterocycles. The predicted octanol–water partition coefficient (Wildman–Crippen LogP) is 2.12. The summed E-state index contributed by atoms with van der Waals surface area (Å²) in [4.78, 5) is 16.7. The van der Waals surface area contributed by atoms with Crippen LogP contribution in [0.15, 0.2) is 10.7 Å². The molecular weight excluding hydrogens is 330 g/mol. The Kier molecular flexibility index (Phi) is 4.91. The Labute approximate surface area is 146 Å². The Bertz CT molecular complexity index is 711. The van der Waals surface area contributed by atoms with Crippen molar-refractivity contribution >= 4 is 17.5 Å². The molecule has 1 aliphatic rings. The lowest BCUT2D eigenvalue weighted by Crippen LogP contribution is -2.48. The number of hydrogen-bond acceptors (Lipinski definition) is 5. The van der Waals surface area contributed by atoms with Crippen LogP contribution in [0, 0.1) is 13.8 Å². The van der Waals surface area contributed by atoms with Crippen LogP contribution in [0.3, 0.4) is 0 Å². The number of halogens is 1. The molecule has 8 heteroatoms. The van der Waals surface area contributed by atoms with Gasteiger partial charge < -0.3 is 9.42 Å². The molecule has 0 atom stereocenters. The Morgan fingerprint density at radius 2 is 2.00 bits per heavy atom. The Hall–Kier alpha value is -1.86. The zero-order chi connectivity index (χ0) is 17.3. The van der Waals surface area contributed by atoms with E-state index in [4.69, 9.17) is 16.1 Å². The van der Waals surface area contributed by atoms with Crippen molar-refractivity contribution in [2.24, 2.45) is 0 Å². The smallest absolute Gasteiger partial charge is 0.276 e. The normalized spacial score (nSPS) is 15.9. The van der Waals surface area contributed by atoms with Gasteiger partial charge in [-0.2, -0.15) is 5.10 Å². The Morgan fingerprint density at radius 1 is 1.29 bits per heavy atom. The number of hydrogen-bond donors (Lipinski definition) is 0. The summed E-state index contributed by atoms with van der Waals surface area (Å²) in [5.41, 5.74) is 2.42. The van der Waals surface area contributed by atoms with Gasteiger partial charge in [0.05, 0.1) is 10.7 Å². The summed E-state index contributed by atoms with van der Waals surface area (Å²) >= 11 is 6.14. The van der Waals surface area contributed by atoms with Gasteiger partial charge in [0.25, 0.3) is 5.91 Å². The summed E-state index contributed by atoms with van der Waals surface area (Å²) in [5.74, 6) is 0.770. The van der Waals surface area contributed by atoms with E-state index in [1.54, 1.807) is 10.9 Å². The molecule has 2 aromatic rings. The fourth-order valence-electron chi connectivity index (χ4n) is 2.91. The zero-order valence-electron chi connectivity index (χ0n) is 14.3. The number of nitrogens with zero attached hydrogens (tertiary/aromatic N) is 5. The van der Waals surface area contributed by atoms with Crippen LogP contribution in [0.4, 0.5) is 0 Å². The average molecular weight is 352 g/mol. The van der Waals surface area contributed by atoms with E-state index >= 15 is 0 Å². The molecule has 0 bridgehead atoms. The van der Waals surface area contributed by atoms with Gasteiger partial charge in [-0.15, -0.1) is 0 Å². The van der Waals surface area contributed by atoms with E-state index in [1.165, 1.54) is 0 Å². The van der Waals surface area contributed by atoms with E-state index in [0.29, 0.717) is 30.4 Å². The van der Waals surface area contributed by atoms with Crippen molar-refractivity contribution in [2.45, 2.75) is 33.9 Å². The molecule has 1 saturated heterocycles. The van der Waals surface area contributed by atoms with E-state index in [-0.39, 0.29) is 5.91 Å². The number of aromatic nitrogens is 3. The molecular formula is C16H22ClN5O2. The molecule has 7 nitrogen and oxygen atoms in total. The van der Waals surface area contributed by atoms with E-state index in [2.05, 4.69) is 15.2 Å². The van der Waals surface area contributed by atoms with E-state index in [9.17, 15) is 4.79 Å². The van der Waals surface area contributed by atoms with Crippen molar-refractivity contribution in [3.63, 3.8) is 0 Å². The van der Waals surface area contributed by atoms with Crippen LogP contribution in [-0.2, 0) is 13.1 Å². The highest BCUT2D eigenvalue weighted by atomic mass is 35.5. The van der Waals surface area contributed by atoms with Crippen molar-refractivity contribution in [3.8, 4) is 0 Å². The van der Waals surface area contributed by atoms with Crippen molar-refractivity contribution in [3.05, 3.63) is 33.9 Å². The fraction of sp³-hybridized carbons (Fsp3) is 0.562. The van der Waals surface area contributed by atoms with Crippen LogP contribution in [-0.4, -0.2) is 56.8 Å². The largest absolute Gasteiger partial charge is 0.361 e. The second kappa shape index (κ2) is 6.94. The summed E-state index contributed by atoms with van der Waals surface area (Å²) in [5, 5.41) is 8.68.